The Bertz CT molecular complexity index is 2280. The maximum atomic E-state index is 15.2. The predicted molar refractivity (Wildman–Crippen MR) is 186 cm³/mol. The summed E-state index contributed by atoms with van der Waals surface area (Å²) in [5, 5.41) is 26.9. The van der Waals surface area contributed by atoms with Gasteiger partial charge in [0, 0.05) is 61.7 Å². The topological polar surface area (TPSA) is 141 Å². The number of carbonyl (C=O) groups excluding carboxylic acids is 1. The molecular formula is C37H28F4N6O6. The van der Waals surface area contributed by atoms with Crippen LogP contribution in [0.1, 0.15) is 22.3 Å². The lowest BCUT2D eigenvalue weighted by Crippen LogP contribution is -2.24. The number of halogens is 4. The zero-order chi connectivity index (χ0) is 37.8. The first kappa shape index (κ1) is 36.1. The number of fused-ring (bicyclic) bond motifs is 1. The smallest absolute Gasteiger partial charge is 0.347 e. The summed E-state index contributed by atoms with van der Waals surface area (Å²) < 4.78 is 75.7. The van der Waals surface area contributed by atoms with Gasteiger partial charge in [0.1, 0.15) is 34.4 Å². The summed E-state index contributed by atoms with van der Waals surface area (Å²) in [5.41, 5.74) is 0.823. The molecule has 0 spiro atoms. The van der Waals surface area contributed by atoms with Gasteiger partial charge >= 0.3 is 5.97 Å². The molecule has 6 rings (SSSR count). The quantitative estimate of drug-likeness (QED) is 0.0348. The van der Waals surface area contributed by atoms with Gasteiger partial charge < -0.3 is 19.1 Å². The molecule has 12 nitrogen and oxygen atoms in total. The third kappa shape index (κ3) is 7.80. The van der Waals surface area contributed by atoms with Crippen molar-refractivity contribution < 1.29 is 41.5 Å². The van der Waals surface area contributed by atoms with E-state index in [0.29, 0.717) is 0 Å². The Balaban J connectivity index is 1.18. The van der Waals surface area contributed by atoms with Crippen molar-refractivity contribution in [3.63, 3.8) is 0 Å². The number of methoxy groups -OCH3 is 2. The van der Waals surface area contributed by atoms with Crippen LogP contribution in [0.5, 0.6) is 17.2 Å². The van der Waals surface area contributed by atoms with Gasteiger partial charge in [0.2, 0.25) is 0 Å². The van der Waals surface area contributed by atoms with Gasteiger partial charge in [0.25, 0.3) is 5.69 Å². The number of carbonyl (C=O) groups is 1. The molecule has 0 saturated heterocycles. The van der Waals surface area contributed by atoms with E-state index >= 15 is 4.39 Å². The SMILES string of the molecule is COc1cc(N=Nc2c(F)cc(N=Nc3cc4c(cc3F)N(C)CCC4)cc2OC)ccc1C(=O)Oc1cc(F)c(-c2ccc([N+](=O)[O-])cc2)c(F)c1. The highest BCUT2D eigenvalue weighted by atomic mass is 19.1. The third-order valence-electron chi connectivity index (χ3n) is 8.27. The molecule has 270 valence electrons. The van der Waals surface area contributed by atoms with Crippen LogP contribution in [0.2, 0.25) is 0 Å². The Labute approximate surface area is 299 Å². The first-order chi connectivity index (χ1) is 25.4. The van der Waals surface area contributed by atoms with Crippen molar-refractivity contribution in [2.45, 2.75) is 12.8 Å². The number of rotatable bonds is 10. The van der Waals surface area contributed by atoms with Crippen molar-refractivity contribution in [1.29, 1.82) is 0 Å². The van der Waals surface area contributed by atoms with Gasteiger partial charge in [-0.2, -0.15) is 10.2 Å². The van der Waals surface area contributed by atoms with Gasteiger partial charge in [-0.1, -0.05) is 0 Å². The van der Waals surface area contributed by atoms with Gasteiger partial charge in [-0.3, -0.25) is 10.1 Å². The van der Waals surface area contributed by atoms with E-state index in [2.05, 4.69) is 20.5 Å². The van der Waals surface area contributed by atoms with E-state index < -0.39 is 45.5 Å². The van der Waals surface area contributed by atoms with E-state index in [-0.39, 0.29) is 51.1 Å². The minimum atomic E-state index is -1.07. The highest BCUT2D eigenvalue weighted by Gasteiger charge is 2.21. The van der Waals surface area contributed by atoms with Crippen molar-refractivity contribution in [1.82, 2.24) is 0 Å². The molecular weight excluding hydrogens is 700 g/mol. The molecule has 0 N–H and O–H groups in total. The third-order valence-corrected chi connectivity index (χ3v) is 8.27. The summed E-state index contributed by atoms with van der Waals surface area (Å²) in [7, 11) is 4.44. The monoisotopic (exact) mass is 728 g/mol. The van der Waals surface area contributed by atoms with E-state index in [1.807, 2.05) is 11.9 Å². The Morgan fingerprint density at radius 2 is 1.45 bits per heavy atom. The molecule has 0 aromatic heterocycles. The van der Waals surface area contributed by atoms with Crippen LogP contribution in [-0.2, 0) is 6.42 Å². The Hall–Kier alpha value is -6.71. The van der Waals surface area contributed by atoms with Crippen LogP contribution in [0.4, 0.5) is 51.7 Å². The van der Waals surface area contributed by atoms with Crippen molar-refractivity contribution in [3.8, 4) is 28.4 Å². The van der Waals surface area contributed by atoms with Gasteiger partial charge in [0.05, 0.1) is 36.1 Å². The average molecular weight is 729 g/mol. The highest BCUT2D eigenvalue weighted by Crippen LogP contribution is 2.39. The first-order valence-electron chi connectivity index (χ1n) is 15.8. The summed E-state index contributed by atoms with van der Waals surface area (Å²) in [4.78, 5) is 25.2. The number of anilines is 1. The average Bonchev–Trinajstić information content (AvgIpc) is 3.13. The summed E-state index contributed by atoms with van der Waals surface area (Å²) in [6, 6.07) is 15.5. The molecule has 0 bridgehead atoms. The molecule has 1 aliphatic heterocycles. The normalized spacial score (nSPS) is 12.6. The summed E-state index contributed by atoms with van der Waals surface area (Å²) in [5.74, 6) is -5.12. The lowest BCUT2D eigenvalue weighted by atomic mass is 10.0. The van der Waals surface area contributed by atoms with Crippen molar-refractivity contribution in [2.24, 2.45) is 20.5 Å². The van der Waals surface area contributed by atoms with E-state index in [0.717, 1.165) is 61.0 Å². The molecule has 53 heavy (non-hydrogen) atoms. The zero-order valence-corrected chi connectivity index (χ0v) is 28.3. The van der Waals surface area contributed by atoms with Crippen LogP contribution >= 0.6 is 0 Å². The number of esters is 1. The van der Waals surface area contributed by atoms with Crippen LogP contribution in [-0.4, -0.2) is 38.7 Å². The van der Waals surface area contributed by atoms with Crippen LogP contribution in [0.3, 0.4) is 0 Å². The molecule has 5 aromatic rings. The molecule has 0 amide bonds. The summed E-state index contributed by atoms with van der Waals surface area (Å²) in [6.07, 6.45) is 1.69. The molecule has 0 unspecified atom stereocenters. The molecule has 1 aliphatic rings. The Morgan fingerprint density at radius 1 is 0.774 bits per heavy atom. The fourth-order valence-corrected chi connectivity index (χ4v) is 5.65. The molecule has 5 aromatic carbocycles. The zero-order valence-electron chi connectivity index (χ0n) is 28.3. The van der Waals surface area contributed by atoms with Crippen molar-refractivity contribution in [2.75, 3.05) is 32.7 Å². The number of aryl methyl sites for hydroxylation is 1. The Morgan fingerprint density at radius 3 is 2.13 bits per heavy atom. The number of hydrogen-bond donors (Lipinski definition) is 0. The molecule has 1 heterocycles. The fraction of sp³-hybridized carbons (Fsp3) is 0.162. The van der Waals surface area contributed by atoms with Crippen molar-refractivity contribution in [3.05, 3.63) is 123 Å². The number of nitrogens with zero attached hydrogens (tertiary/aromatic N) is 6. The second-order valence-electron chi connectivity index (χ2n) is 11.7. The maximum Gasteiger partial charge on any atom is 0.347 e. The van der Waals surface area contributed by atoms with Crippen LogP contribution in [0.15, 0.2) is 99.3 Å². The highest BCUT2D eigenvalue weighted by molar-refractivity contribution is 5.94. The van der Waals surface area contributed by atoms with Gasteiger partial charge in [-0.05, 0) is 60.4 Å². The second kappa shape index (κ2) is 15.3. The van der Waals surface area contributed by atoms with Gasteiger partial charge in [-0.15, -0.1) is 10.2 Å². The van der Waals surface area contributed by atoms with E-state index in [4.69, 9.17) is 14.2 Å². The molecule has 0 radical (unpaired) electrons. The largest absolute Gasteiger partial charge is 0.496 e. The van der Waals surface area contributed by atoms with E-state index in [1.165, 1.54) is 56.7 Å². The second-order valence-corrected chi connectivity index (χ2v) is 11.7. The fourth-order valence-electron chi connectivity index (χ4n) is 5.65. The van der Waals surface area contributed by atoms with Crippen LogP contribution in [0, 0.1) is 33.4 Å². The number of benzene rings is 5. The summed E-state index contributed by atoms with van der Waals surface area (Å²) >= 11 is 0. The summed E-state index contributed by atoms with van der Waals surface area (Å²) in [6.45, 7) is 0.823. The first-order valence-corrected chi connectivity index (χ1v) is 15.8. The molecule has 0 atom stereocenters. The molecule has 0 fully saturated rings. The number of ether oxygens (including phenoxy) is 3. The molecule has 0 saturated carbocycles. The van der Waals surface area contributed by atoms with Gasteiger partial charge in [0.15, 0.2) is 23.1 Å². The van der Waals surface area contributed by atoms with E-state index in [9.17, 15) is 28.1 Å². The lowest BCUT2D eigenvalue weighted by molar-refractivity contribution is -0.384. The van der Waals surface area contributed by atoms with Crippen LogP contribution in [0.25, 0.3) is 11.1 Å². The molecule has 0 aliphatic carbocycles. The number of non-ortho nitro benzene ring substituents is 1. The number of nitro benzene ring substituents is 1. The maximum absolute atomic E-state index is 15.2. The standard InChI is InChI=1S/C37H28F4N6O6/c1-46-12-4-5-21-13-31(27(38)19-32(21)46)44-43-23-14-30(41)36(34(16-23)52-3)45-42-22-8-11-26(33(15-22)51-2)37(48)53-25-17-28(39)35(29(40)18-25)20-6-9-24(10-7-20)47(49)50/h6-11,13-19H,4-5,12H2,1-3H3. The Kier molecular flexibility index (Phi) is 10.4. The number of nitro groups is 1. The minimum Gasteiger partial charge on any atom is -0.496 e. The number of azo groups is 2. The van der Waals surface area contributed by atoms with E-state index in [1.54, 1.807) is 6.07 Å². The van der Waals surface area contributed by atoms with Crippen molar-refractivity contribution >= 4 is 40.1 Å². The number of hydrogen-bond acceptors (Lipinski definition) is 11. The predicted octanol–water partition coefficient (Wildman–Crippen LogP) is 10.3. The molecule has 16 heteroatoms. The van der Waals surface area contributed by atoms with Gasteiger partial charge in [-0.25, -0.2) is 22.4 Å². The minimum absolute atomic E-state index is 0.0142. The lowest BCUT2D eigenvalue weighted by Gasteiger charge is -2.27. The van der Waals surface area contributed by atoms with Crippen LogP contribution < -0.4 is 19.1 Å².